The lowest BCUT2D eigenvalue weighted by Gasteiger charge is -2.35. The van der Waals surface area contributed by atoms with Gasteiger partial charge >= 0.3 is 11.9 Å². The molecule has 1 atom stereocenters. The number of cyclic esters (lactones) is 1. The fourth-order valence-corrected chi connectivity index (χ4v) is 4.55. The summed E-state index contributed by atoms with van der Waals surface area (Å²) in [7, 11) is 0. The highest BCUT2D eigenvalue weighted by Gasteiger charge is 2.50. The van der Waals surface area contributed by atoms with Crippen molar-refractivity contribution in [3.8, 4) is 11.4 Å². The zero-order valence-electron chi connectivity index (χ0n) is 16.9. The van der Waals surface area contributed by atoms with Crippen molar-refractivity contribution < 1.29 is 19.1 Å². The first-order valence-corrected chi connectivity index (χ1v) is 9.89. The molecule has 3 aromatic rings. The van der Waals surface area contributed by atoms with E-state index in [1.807, 2.05) is 25.1 Å². The topological polar surface area (TPSA) is 87.5 Å². The highest BCUT2D eigenvalue weighted by molar-refractivity contribution is 5.89. The van der Waals surface area contributed by atoms with Crippen LogP contribution in [0.25, 0.3) is 22.3 Å². The molecular weight excluding hydrogens is 384 g/mol. The molecule has 0 amide bonds. The number of aromatic nitrogens is 2. The quantitative estimate of drug-likeness (QED) is 0.478. The highest BCUT2D eigenvalue weighted by atomic mass is 16.6. The molecule has 0 N–H and O–H groups in total. The van der Waals surface area contributed by atoms with Gasteiger partial charge in [0, 0.05) is 23.4 Å². The second-order valence-electron chi connectivity index (χ2n) is 7.80. The van der Waals surface area contributed by atoms with Crippen LogP contribution in [0, 0.1) is 6.92 Å². The molecule has 2 aromatic heterocycles. The maximum atomic E-state index is 13.3. The van der Waals surface area contributed by atoms with Gasteiger partial charge in [-0.3, -0.25) is 9.59 Å². The van der Waals surface area contributed by atoms with Crippen molar-refractivity contribution in [2.75, 3.05) is 0 Å². The summed E-state index contributed by atoms with van der Waals surface area (Å²) in [6.07, 6.45) is 0.165. The molecule has 2 aliphatic heterocycles. The molecule has 0 saturated heterocycles. The fraction of sp³-hybridized carbons (Fsp3) is 0.304. The van der Waals surface area contributed by atoms with Crippen LogP contribution in [0.4, 0.5) is 0 Å². The average molecular weight is 404 g/mol. The van der Waals surface area contributed by atoms with E-state index < -0.39 is 17.5 Å². The number of hydrogen-bond acceptors (Lipinski definition) is 6. The van der Waals surface area contributed by atoms with E-state index in [1.165, 1.54) is 6.92 Å². The van der Waals surface area contributed by atoms with E-state index >= 15 is 0 Å². The molecule has 4 heterocycles. The predicted octanol–water partition coefficient (Wildman–Crippen LogP) is 2.96. The van der Waals surface area contributed by atoms with E-state index in [0.29, 0.717) is 29.1 Å². The van der Waals surface area contributed by atoms with Gasteiger partial charge in [0.05, 0.1) is 29.0 Å². The SMILES string of the molecule is CC[C@@]1(OC(C)=O)C(=O)OCc2c1cc1n(c2=O)Cc2cc3c(C)cccc3nc2-1. The number of ether oxygens (including phenoxy) is 2. The minimum Gasteiger partial charge on any atom is -0.457 e. The van der Waals surface area contributed by atoms with Gasteiger partial charge in [-0.2, -0.15) is 0 Å². The number of nitrogens with zero attached hydrogens (tertiary/aromatic N) is 2. The smallest absolute Gasteiger partial charge is 0.355 e. The highest BCUT2D eigenvalue weighted by Crippen LogP contribution is 2.41. The van der Waals surface area contributed by atoms with Crippen LogP contribution >= 0.6 is 0 Å². The molecule has 5 rings (SSSR count). The summed E-state index contributed by atoms with van der Waals surface area (Å²) >= 11 is 0. The molecule has 7 nitrogen and oxygen atoms in total. The summed E-state index contributed by atoms with van der Waals surface area (Å²) in [4.78, 5) is 42.6. The Morgan fingerprint density at radius 3 is 2.83 bits per heavy atom. The number of fused-ring (bicyclic) bond motifs is 5. The van der Waals surface area contributed by atoms with Crippen LogP contribution in [-0.2, 0) is 37.8 Å². The lowest BCUT2D eigenvalue weighted by molar-refractivity contribution is -0.188. The molecular formula is C23H20N2O5. The Bertz CT molecular complexity index is 1320. The van der Waals surface area contributed by atoms with E-state index in [-0.39, 0.29) is 18.6 Å². The number of rotatable bonds is 2. The minimum absolute atomic E-state index is 0.138. The van der Waals surface area contributed by atoms with Crippen LogP contribution in [0.2, 0.25) is 0 Å². The molecule has 2 aliphatic rings. The standard InChI is InChI=1S/C23H20N2O5/c1-4-23(30-13(3)26)17-9-19-20-14(8-15-12(2)6-5-7-18(15)24-20)10-25(19)21(27)16(17)11-29-22(23)28/h5-9H,4,10-11H2,1-3H3/t23-/m0/s1. The Kier molecular flexibility index (Phi) is 3.87. The van der Waals surface area contributed by atoms with E-state index in [1.54, 1.807) is 17.6 Å². The Morgan fingerprint density at radius 1 is 1.30 bits per heavy atom. The molecule has 30 heavy (non-hydrogen) atoms. The number of benzene rings is 1. The van der Waals surface area contributed by atoms with Gasteiger partial charge in [-0.15, -0.1) is 0 Å². The molecule has 0 unspecified atom stereocenters. The average Bonchev–Trinajstić information content (AvgIpc) is 3.07. The molecule has 0 saturated carbocycles. The van der Waals surface area contributed by atoms with E-state index in [0.717, 1.165) is 22.0 Å². The third kappa shape index (κ3) is 2.38. The summed E-state index contributed by atoms with van der Waals surface area (Å²) in [5.74, 6) is -1.26. The largest absolute Gasteiger partial charge is 0.457 e. The van der Waals surface area contributed by atoms with Gasteiger partial charge in [-0.25, -0.2) is 9.78 Å². The van der Waals surface area contributed by atoms with Crippen molar-refractivity contribution in [1.29, 1.82) is 0 Å². The predicted molar refractivity (Wildman–Crippen MR) is 109 cm³/mol. The number of pyridine rings is 2. The first-order valence-electron chi connectivity index (χ1n) is 9.89. The number of aryl methyl sites for hydroxylation is 1. The maximum Gasteiger partial charge on any atom is 0.355 e. The third-order valence-corrected chi connectivity index (χ3v) is 6.06. The van der Waals surface area contributed by atoms with Crippen molar-refractivity contribution in [2.24, 2.45) is 0 Å². The summed E-state index contributed by atoms with van der Waals surface area (Å²) in [6.45, 7) is 5.26. The summed E-state index contributed by atoms with van der Waals surface area (Å²) in [6, 6.07) is 9.75. The first-order chi connectivity index (χ1) is 14.4. The van der Waals surface area contributed by atoms with Crippen LogP contribution < -0.4 is 5.56 Å². The molecule has 0 bridgehead atoms. The molecule has 152 valence electrons. The van der Waals surface area contributed by atoms with E-state index in [9.17, 15) is 14.4 Å². The zero-order valence-corrected chi connectivity index (χ0v) is 16.9. The van der Waals surface area contributed by atoms with Gasteiger partial charge in [0.15, 0.2) is 0 Å². The Balaban J connectivity index is 1.79. The van der Waals surface area contributed by atoms with Crippen molar-refractivity contribution in [3.05, 3.63) is 62.9 Å². The molecule has 0 aliphatic carbocycles. The lowest BCUT2D eigenvalue weighted by Crippen LogP contribution is -2.47. The number of carbonyl (C=O) groups is 2. The van der Waals surface area contributed by atoms with Crippen molar-refractivity contribution in [3.63, 3.8) is 0 Å². The maximum absolute atomic E-state index is 13.3. The Morgan fingerprint density at radius 2 is 2.10 bits per heavy atom. The zero-order chi connectivity index (χ0) is 21.2. The van der Waals surface area contributed by atoms with Crippen LogP contribution in [0.5, 0.6) is 0 Å². The van der Waals surface area contributed by atoms with E-state index in [4.69, 9.17) is 14.5 Å². The van der Waals surface area contributed by atoms with Gasteiger partial charge in [-0.1, -0.05) is 19.1 Å². The van der Waals surface area contributed by atoms with Crippen LogP contribution in [0.15, 0.2) is 35.1 Å². The van der Waals surface area contributed by atoms with Crippen molar-refractivity contribution in [2.45, 2.75) is 45.9 Å². The van der Waals surface area contributed by atoms with Crippen molar-refractivity contribution in [1.82, 2.24) is 9.55 Å². The monoisotopic (exact) mass is 404 g/mol. The molecule has 0 radical (unpaired) electrons. The summed E-state index contributed by atoms with van der Waals surface area (Å²) in [5.41, 5.74) is 3.09. The van der Waals surface area contributed by atoms with E-state index in [2.05, 4.69) is 6.07 Å². The Hall–Kier alpha value is -3.48. The van der Waals surface area contributed by atoms with Crippen LogP contribution in [-0.4, -0.2) is 21.5 Å². The first kappa shape index (κ1) is 18.5. The van der Waals surface area contributed by atoms with Crippen LogP contribution in [0.3, 0.4) is 0 Å². The van der Waals surface area contributed by atoms with Gasteiger partial charge in [0.1, 0.15) is 6.61 Å². The van der Waals surface area contributed by atoms with Gasteiger partial charge in [-0.05, 0) is 37.1 Å². The lowest BCUT2D eigenvalue weighted by atomic mass is 9.85. The van der Waals surface area contributed by atoms with Crippen LogP contribution in [0.1, 0.15) is 42.5 Å². The van der Waals surface area contributed by atoms with Crippen molar-refractivity contribution >= 4 is 22.8 Å². The second-order valence-corrected chi connectivity index (χ2v) is 7.80. The summed E-state index contributed by atoms with van der Waals surface area (Å²) < 4.78 is 12.4. The number of hydrogen-bond donors (Lipinski definition) is 0. The third-order valence-electron chi connectivity index (χ3n) is 6.06. The van der Waals surface area contributed by atoms with Gasteiger partial charge in [0.2, 0.25) is 5.60 Å². The fourth-order valence-electron chi connectivity index (χ4n) is 4.55. The molecule has 0 spiro atoms. The number of esters is 2. The van der Waals surface area contributed by atoms with Gasteiger partial charge < -0.3 is 14.0 Å². The number of carbonyl (C=O) groups excluding carboxylic acids is 2. The molecule has 0 fully saturated rings. The molecule has 7 heteroatoms. The van der Waals surface area contributed by atoms with Gasteiger partial charge in [0.25, 0.3) is 5.56 Å². The second kappa shape index (κ2) is 6.26. The molecule has 1 aromatic carbocycles. The minimum atomic E-state index is -1.62. The Labute approximate surface area is 172 Å². The summed E-state index contributed by atoms with van der Waals surface area (Å²) in [5, 5.41) is 1.04. The normalized spacial score (nSPS) is 19.1.